The summed E-state index contributed by atoms with van der Waals surface area (Å²) in [6.45, 7) is -0.339. The fourth-order valence-corrected chi connectivity index (χ4v) is 3.95. The zero-order chi connectivity index (χ0) is 27.5. The van der Waals surface area contributed by atoms with Gasteiger partial charge in [0.25, 0.3) is 11.8 Å². The lowest BCUT2D eigenvalue weighted by molar-refractivity contribution is -0.141. The van der Waals surface area contributed by atoms with E-state index in [1.54, 1.807) is 0 Å². The second kappa shape index (κ2) is 11.7. The first-order chi connectivity index (χ1) is 16.7. The van der Waals surface area contributed by atoms with E-state index in [4.69, 9.17) is 57.2 Å². The van der Waals surface area contributed by atoms with Gasteiger partial charge in [-0.3, -0.25) is 38.5 Å². The molecule has 2 atom stereocenters. The fraction of sp³-hybridized carbons (Fsp3) is 0.316. The molecule has 36 heavy (non-hydrogen) atoms. The van der Waals surface area contributed by atoms with Crippen LogP contribution in [0.25, 0.3) is 0 Å². The number of primary amides is 1. The number of carbonyl (C=O) groups excluding carboxylic acids is 6. The molecule has 6 N–H and O–H groups in total. The van der Waals surface area contributed by atoms with Crippen LogP contribution in [-0.4, -0.2) is 76.6 Å². The van der Waals surface area contributed by atoms with E-state index in [2.05, 4.69) is 16.0 Å². The SMILES string of the molecule is C[C@H](NC(=O)[C@H](CC(=O)O)NC(=O)CNC(=O)CN1C(=O)c2c(Cl)c(Cl)c(Cl)c(Cl)c2C1=O)C(N)=O. The molecule has 1 aromatic carbocycles. The highest BCUT2D eigenvalue weighted by Gasteiger charge is 2.42. The lowest BCUT2D eigenvalue weighted by Crippen LogP contribution is -2.54. The summed E-state index contributed by atoms with van der Waals surface area (Å²) in [6.07, 6.45) is -0.835. The summed E-state index contributed by atoms with van der Waals surface area (Å²) in [5.41, 5.74) is 4.36. The lowest BCUT2D eigenvalue weighted by atomic mass is 10.1. The highest BCUT2D eigenvalue weighted by Crippen LogP contribution is 2.44. The first-order valence-corrected chi connectivity index (χ1v) is 11.3. The molecule has 1 aromatic rings. The molecule has 13 nitrogen and oxygen atoms in total. The molecule has 0 saturated heterocycles. The number of imide groups is 1. The molecular formula is C19H17Cl4N5O8. The average molecular weight is 585 g/mol. The number of fused-ring (bicyclic) bond motifs is 1. The Hall–Kier alpha value is -3.13. The minimum Gasteiger partial charge on any atom is -0.481 e. The van der Waals surface area contributed by atoms with Crippen molar-refractivity contribution in [1.29, 1.82) is 0 Å². The maximum atomic E-state index is 12.6. The number of hydrogen-bond donors (Lipinski definition) is 5. The van der Waals surface area contributed by atoms with Gasteiger partial charge in [0.1, 0.15) is 18.6 Å². The van der Waals surface area contributed by atoms with Crippen LogP contribution in [0.5, 0.6) is 0 Å². The monoisotopic (exact) mass is 583 g/mol. The molecule has 17 heteroatoms. The summed E-state index contributed by atoms with van der Waals surface area (Å²) in [6, 6.07) is -2.74. The van der Waals surface area contributed by atoms with Crippen molar-refractivity contribution < 1.29 is 38.7 Å². The average Bonchev–Trinajstić information content (AvgIpc) is 3.03. The Bertz CT molecular complexity index is 1140. The number of amides is 6. The van der Waals surface area contributed by atoms with E-state index in [1.807, 2.05) is 0 Å². The number of nitrogens with zero attached hydrogens (tertiary/aromatic N) is 1. The first kappa shape index (κ1) is 29.1. The predicted molar refractivity (Wildman–Crippen MR) is 126 cm³/mol. The van der Waals surface area contributed by atoms with Crippen LogP contribution in [0.1, 0.15) is 34.1 Å². The van der Waals surface area contributed by atoms with E-state index < -0.39 is 73.0 Å². The van der Waals surface area contributed by atoms with Crippen molar-refractivity contribution in [1.82, 2.24) is 20.9 Å². The van der Waals surface area contributed by atoms with Gasteiger partial charge in [-0.2, -0.15) is 0 Å². The Morgan fingerprint density at radius 2 is 1.39 bits per heavy atom. The number of carboxylic acid groups (broad SMARTS) is 1. The maximum absolute atomic E-state index is 12.6. The minimum atomic E-state index is -1.59. The Labute approximate surface area is 222 Å². The zero-order valence-corrected chi connectivity index (χ0v) is 21.1. The predicted octanol–water partition coefficient (Wildman–Crippen LogP) is -0.0381. The van der Waals surface area contributed by atoms with Gasteiger partial charge >= 0.3 is 5.97 Å². The molecule has 0 aliphatic carbocycles. The number of nitrogens with one attached hydrogen (secondary N) is 3. The number of aliphatic carboxylic acids is 1. The summed E-state index contributed by atoms with van der Waals surface area (Å²) in [4.78, 5) is 84.5. The summed E-state index contributed by atoms with van der Waals surface area (Å²) in [5.74, 6) is -7.22. The van der Waals surface area contributed by atoms with Crippen molar-refractivity contribution in [3.63, 3.8) is 0 Å². The molecule has 1 aliphatic rings. The molecule has 0 bridgehead atoms. The van der Waals surface area contributed by atoms with Crippen LogP contribution in [-0.2, 0) is 24.0 Å². The number of halogens is 4. The van der Waals surface area contributed by atoms with Gasteiger partial charge in [-0.15, -0.1) is 0 Å². The Morgan fingerprint density at radius 1 is 0.889 bits per heavy atom. The van der Waals surface area contributed by atoms with E-state index in [0.717, 1.165) is 0 Å². The molecule has 0 saturated carbocycles. The molecule has 2 rings (SSSR count). The molecule has 0 aromatic heterocycles. The van der Waals surface area contributed by atoms with Crippen LogP contribution in [0.15, 0.2) is 0 Å². The molecular weight excluding hydrogens is 568 g/mol. The Balaban J connectivity index is 2.02. The van der Waals surface area contributed by atoms with E-state index in [1.165, 1.54) is 6.92 Å². The Morgan fingerprint density at radius 3 is 1.83 bits per heavy atom. The van der Waals surface area contributed by atoms with Crippen LogP contribution < -0.4 is 21.7 Å². The number of carboxylic acids is 1. The third-order valence-corrected chi connectivity index (χ3v) is 6.55. The first-order valence-electron chi connectivity index (χ1n) is 9.77. The summed E-state index contributed by atoms with van der Waals surface area (Å²) >= 11 is 23.8. The summed E-state index contributed by atoms with van der Waals surface area (Å²) in [7, 11) is 0. The fourth-order valence-electron chi connectivity index (χ4n) is 2.93. The van der Waals surface area contributed by atoms with Gasteiger partial charge in [0.15, 0.2) is 0 Å². The molecule has 0 radical (unpaired) electrons. The minimum absolute atomic E-state index is 0.253. The molecule has 0 fully saturated rings. The molecule has 6 amide bonds. The van der Waals surface area contributed by atoms with E-state index in [0.29, 0.717) is 4.90 Å². The standard InChI is InChI=1S/C19H17Cl4N5O8/c1-5(16(24)33)26-17(34)6(2-9(31)32)27-7(29)3-25-8(30)4-28-18(35)10-11(19(28)36)13(21)15(23)14(22)12(10)20/h5-6H,2-4H2,1H3,(H2,24,33)(H,25,30)(H,26,34)(H,27,29)(H,31,32)/t5-,6-/m0/s1. The van der Waals surface area contributed by atoms with Crippen LogP contribution in [0, 0.1) is 0 Å². The second-order valence-corrected chi connectivity index (χ2v) is 8.84. The van der Waals surface area contributed by atoms with E-state index >= 15 is 0 Å². The van der Waals surface area contributed by atoms with Crippen LogP contribution in [0.2, 0.25) is 20.1 Å². The van der Waals surface area contributed by atoms with Crippen molar-refractivity contribution in [3.8, 4) is 0 Å². The number of hydrogen-bond acceptors (Lipinski definition) is 7. The van der Waals surface area contributed by atoms with Crippen LogP contribution in [0.4, 0.5) is 0 Å². The van der Waals surface area contributed by atoms with Gasteiger partial charge in [0, 0.05) is 0 Å². The zero-order valence-electron chi connectivity index (χ0n) is 18.1. The van der Waals surface area contributed by atoms with Gasteiger partial charge < -0.3 is 26.8 Å². The largest absolute Gasteiger partial charge is 0.481 e. The lowest BCUT2D eigenvalue weighted by Gasteiger charge is -2.19. The molecule has 194 valence electrons. The van der Waals surface area contributed by atoms with Crippen molar-refractivity contribution in [3.05, 3.63) is 31.2 Å². The van der Waals surface area contributed by atoms with Crippen molar-refractivity contribution >= 4 is 87.8 Å². The van der Waals surface area contributed by atoms with E-state index in [-0.39, 0.29) is 31.2 Å². The van der Waals surface area contributed by atoms with Gasteiger partial charge in [0.2, 0.25) is 23.6 Å². The van der Waals surface area contributed by atoms with Gasteiger partial charge in [0.05, 0.1) is 44.2 Å². The van der Waals surface area contributed by atoms with Crippen molar-refractivity contribution in [2.45, 2.75) is 25.4 Å². The Kier molecular flexibility index (Phi) is 9.49. The highest BCUT2D eigenvalue weighted by atomic mass is 35.5. The molecule has 0 spiro atoms. The topological polar surface area (TPSA) is 205 Å². The quantitative estimate of drug-likeness (QED) is 0.143. The second-order valence-electron chi connectivity index (χ2n) is 7.33. The number of nitrogens with two attached hydrogens (primary N) is 1. The maximum Gasteiger partial charge on any atom is 0.305 e. The molecule has 1 aliphatic heterocycles. The van der Waals surface area contributed by atoms with E-state index in [9.17, 15) is 33.6 Å². The van der Waals surface area contributed by atoms with Gasteiger partial charge in [-0.25, -0.2) is 0 Å². The number of carbonyl (C=O) groups is 7. The van der Waals surface area contributed by atoms with Crippen LogP contribution in [0.3, 0.4) is 0 Å². The van der Waals surface area contributed by atoms with Gasteiger partial charge in [-0.1, -0.05) is 46.4 Å². The summed E-state index contributed by atoms with van der Waals surface area (Å²) in [5, 5.41) is 14.2. The van der Waals surface area contributed by atoms with Gasteiger partial charge in [-0.05, 0) is 6.92 Å². The third-order valence-electron chi connectivity index (χ3n) is 4.75. The number of rotatable bonds is 10. The third kappa shape index (κ3) is 6.35. The summed E-state index contributed by atoms with van der Waals surface area (Å²) < 4.78 is 0. The molecule has 0 unspecified atom stereocenters. The van der Waals surface area contributed by atoms with Crippen LogP contribution >= 0.6 is 46.4 Å². The normalized spacial score (nSPS) is 14.1. The molecule has 1 heterocycles. The number of benzene rings is 1. The highest BCUT2D eigenvalue weighted by molar-refractivity contribution is 6.55. The van der Waals surface area contributed by atoms with Crippen molar-refractivity contribution in [2.75, 3.05) is 13.1 Å². The van der Waals surface area contributed by atoms with Crippen molar-refractivity contribution in [2.24, 2.45) is 5.73 Å². The smallest absolute Gasteiger partial charge is 0.305 e.